The van der Waals surface area contributed by atoms with Crippen LogP contribution in [0, 0.1) is 0 Å². The zero-order valence-electron chi connectivity index (χ0n) is 38.4. The van der Waals surface area contributed by atoms with Crippen molar-refractivity contribution in [1.29, 1.82) is 0 Å². The average molecular weight is 857 g/mol. The summed E-state index contributed by atoms with van der Waals surface area (Å²) in [6.45, 7) is 4.37. The summed E-state index contributed by atoms with van der Waals surface area (Å²) in [5.74, 6) is -0.339. The van der Waals surface area contributed by atoms with Crippen molar-refractivity contribution in [3.8, 4) is 0 Å². The second-order valence-corrected chi connectivity index (χ2v) is 16.2. The average Bonchev–Trinajstić information content (AvgIpc) is 3.26. The second kappa shape index (κ2) is 42.7. The van der Waals surface area contributed by atoms with Crippen LogP contribution in [-0.2, 0) is 23.7 Å². The molecule has 0 aromatic rings. The lowest BCUT2D eigenvalue weighted by molar-refractivity contribution is -0.305. The zero-order valence-corrected chi connectivity index (χ0v) is 38.4. The van der Waals surface area contributed by atoms with Gasteiger partial charge in [-0.15, -0.1) is 0 Å². The van der Waals surface area contributed by atoms with Crippen LogP contribution in [0.25, 0.3) is 0 Å². The molecule has 61 heavy (non-hydrogen) atoms. The van der Waals surface area contributed by atoms with Gasteiger partial charge in [-0.2, -0.15) is 0 Å². The molecule has 350 valence electrons. The highest BCUT2D eigenvalue weighted by molar-refractivity contribution is 5.69. The normalized spacial score (nSPS) is 20.7. The number of aliphatic hydroxyl groups is 4. The van der Waals surface area contributed by atoms with Gasteiger partial charge in [-0.1, -0.05) is 163 Å². The van der Waals surface area contributed by atoms with E-state index < -0.39 is 43.4 Å². The van der Waals surface area contributed by atoms with Gasteiger partial charge in [0.2, 0.25) is 0 Å². The molecular weight excluding hydrogens is 769 g/mol. The maximum atomic E-state index is 12.8. The maximum absolute atomic E-state index is 12.8. The minimum atomic E-state index is -1.55. The van der Waals surface area contributed by atoms with E-state index in [4.69, 9.17) is 18.9 Å². The number of carbonyl (C=O) groups excluding carboxylic acids is 1. The monoisotopic (exact) mass is 857 g/mol. The van der Waals surface area contributed by atoms with Crippen molar-refractivity contribution in [2.75, 3.05) is 26.4 Å². The molecule has 0 bridgehead atoms. The van der Waals surface area contributed by atoms with Gasteiger partial charge in [0.05, 0.1) is 19.8 Å². The summed E-state index contributed by atoms with van der Waals surface area (Å²) in [6, 6.07) is 0. The van der Waals surface area contributed by atoms with E-state index in [1.54, 1.807) is 0 Å². The van der Waals surface area contributed by atoms with Gasteiger partial charge in [0.1, 0.15) is 30.5 Å². The minimum absolute atomic E-state index is 0.124. The number of unbranched alkanes of at least 4 members (excludes halogenated alkanes) is 15. The summed E-state index contributed by atoms with van der Waals surface area (Å²) >= 11 is 0. The van der Waals surface area contributed by atoms with E-state index in [-0.39, 0.29) is 25.6 Å². The highest BCUT2D eigenvalue weighted by Crippen LogP contribution is 2.22. The van der Waals surface area contributed by atoms with Crippen LogP contribution in [0.1, 0.15) is 174 Å². The molecule has 0 aliphatic carbocycles. The van der Waals surface area contributed by atoms with E-state index in [1.807, 2.05) is 0 Å². The van der Waals surface area contributed by atoms with Crippen molar-refractivity contribution in [2.24, 2.45) is 0 Å². The fourth-order valence-corrected chi connectivity index (χ4v) is 6.78. The molecule has 1 saturated heterocycles. The van der Waals surface area contributed by atoms with Gasteiger partial charge in [-0.3, -0.25) is 4.79 Å². The van der Waals surface area contributed by atoms with Crippen LogP contribution in [0.4, 0.5) is 0 Å². The largest absolute Gasteiger partial charge is 0.457 e. The van der Waals surface area contributed by atoms with Crippen LogP contribution in [-0.4, -0.2) is 89.6 Å². The number of ether oxygens (including phenoxy) is 4. The molecule has 1 aliphatic heterocycles. The fraction of sp³-hybridized carbons (Fsp3) is 0.712. The Morgan fingerprint density at radius 1 is 0.541 bits per heavy atom. The van der Waals surface area contributed by atoms with Crippen molar-refractivity contribution in [3.63, 3.8) is 0 Å². The van der Waals surface area contributed by atoms with Crippen LogP contribution >= 0.6 is 0 Å². The van der Waals surface area contributed by atoms with Gasteiger partial charge in [-0.05, 0) is 89.9 Å². The molecular formula is C52H88O9. The Morgan fingerprint density at radius 3 is 1.51 bits per heavy atom. The van der Waals surface area contributed by atoms with E-state index in [0.29, 0.717) is 6.61 Å². The first-order valence-electron chi connectivity index (χ1n) is 24.2. The summed E-state index contributed by atoms with van der Waals surface area (Å²) in [5, 5.41) is 40.2. The molecule has 0 aromatic heterocycles. The van der Waals surface area contributed by atoms with Crippen molar-refractivity contribution >= 4 is 5.97 Å². The molecule has 1 heterocycles. The van der Waals surface area contributed by atoms with Crippen molar-refractivity contribution in [3.05, 3.63) is 85.1 Å². The van der Waals surface area contributed by atoms with Gasteiger partial charge in [0.15, 0.2) is 6.29 Å². The Labute approximate surface area is 371 Å². The lowest BCUT2D eigenvalue weighted by Crippen LogP contribution is -2.59. The molecule has 6 atom stereocenters. The quantitative estimate of drug-likeness (QED) is 0.0270. The van der Waals surface area contributed by atoms with E-state index >= 15 is 0 Å². The first-order chi connectivity index (χ1) is 29.9. The SMILES string of the molecule is CC/C=C\C/C=C\C/C=C\C/C=C\C/C=C\CCCCCCCC(=O)OC(COCCCCCCCC/C=C\C/C=C\CCCCCC)COC1OC(CO)C(O)C(O)C1O. The molecule has 9 nitrogen and oxygen atoms in total. The zero-order chi connectivity index (χ0) is 44.3. The Hall–Kier alpha value is -2.63. The fourth-order valence-electron chi connectivity index (χ4n) is 6.78. The summed E-state index contributed by atoms with van der Waals surface area (Å²) < 4.78 is 22.8. The van der Waals surface area contributed by atoms with Crippen LogP contribution < -0.4 is 0 Å². The number of hydrogen-bond donors (Lipinski definition) is 4. The third kappa shape index (κ3) is 33.6. The topological polar surface area (TPSA) is 135 Å². The maximum Gasteiger partial charge on any atom is 0.306 e. The van der Waals surface area contributed by atoms with Gasteiger partial charge in [-0.25, -0.2) is 0 Å². The lowest BCUT2D eigenvalue weighted by Gasteiger charge is -2.39. The standard InChI is InChI=1S/C52H88O9/c1-3-5-7-9-11-13-15-17-19-21-22-23-24-25-27-29-31-33-35-37-39-41-48(54)60-46(45-59-52-51(57)50(56)49(55)47(43-53)61-52)44-58-42-40-38-36-34-32-30-28-26-20-18-16-14-12-10-8-6-4-2/h5,7,11,13-14,16-17,19-20,22-23,25-27,46-47,49-53,55-57H,3-4,6,8-10,12,15,18,21,24,28-45H2,1-2H3/b7-5-,13-11-,16-14-,19-17-,23-22-,26-20-,27-25-. The molecule has 0 amide bonds. The Kier molecular flexibility index (Phi) is 39.4. The van der Waals surface area contributed by atoms with Crippen LogP contribution in [0.3, 0.4) is 0 Å². The molecule has 4 N–H and O–H groups in total. The summed E-state index contributed by atoms with van der Waals surface area (Å²) in [5.41, 5.74) is 0. The van der Waals surface area contributed by atoms with Crippen molar-refractivity contribution in [2.45, 2.75) is 211 Å². The molecule has 0 saturated carbocycles. The Morgan fingerprint density at radius 2 is 1.00 bits per heavy atom. The van der Waals surface area contributed by atoms with Crippen molar-refractivity contribution in [1.82, 2.24) is 0 Å². The first kappa shape index (κ1) is 56.4. The molecule has 1 fully saturated rings. The molecule has 6 unspecified atom stereocenters. The summed E-state index contributed by atoms with van der Waals surface area (Å²) in [7, 11) is 0. The molecule has 1 aliphatic rings. The van der Waals surface area contributed by atoms with Gasteiger partial charge < -0.3 is 39.4 Å². The molecule has 0 aromatic carbocycles. The Balaban J connectivity index is 2.28. The molecule has 9 heteroatoms. The predicted molar refractivity (Wildman–Crippen MR) is 251 cm³/mol. The van der Waals surface area contributed by atoms with Gasteiger partial charge >= 0.3 is 5.97 Å². The van der Waals surface area contributed by atoms with E-state index in [9.17, 15) is 25.2 Å². The van der Waals surface area contributed by atoms with Crippen LogP contribution in [0.5, 0.6) is 0 Å². The smallest absolute Gasteiger partial charge is 0.306 e. The number of carbonyl (C=O) groups is 1. The third-order valence-corrected chi connectivity index (χ3v) is 10.5. The first-order valence-corrected chi connectivity index (χ1v) is 24.2. The highest BCUT2D eigenvalue weighted by Gasteiger charge is 2.44. The van der Waals surface area contributed by atoms with Crippen LogP contribution in [0.15, 0.2) is 85.1 Å². The highest BCUT2D eigenvalue weighted by atomic mass is 16.7. The summed E-state index contributed by atoms with van der Waals surface area (Å²) in [6.07, 6.45) is 50.3. The minimum Gasteiger partial charge on any atom is -0.457 e. The number of esters is 1. The van der Waals surface area contributed by atoms with Crippen molar-refractivity contribution < 1.29 is 44.2 Å². The predicted octanol–water partition coefficient (Wildman–Crippen LogP) is 11.4. The number of allylic oxidation sites excluding steroid dienone is 14. The number of rotatable bonds is 40. The van der Waals surface area contributed by atoms with E-state index in [0.717, 1.165) is 103 Å². The Bertz CT molecular complexity index is 1200. The lowest BCUT2D eigenvalue weighted by atomic mass is 9.99. The third-order valence-electron chi connectivity index (χ3n) is 10.5. The summed E-state index contributed by atoms with van der Waals surface area (Å²) in [4.78, 5) is 12.8. The van der Waals surface area contributed by atoms with Gasteiger partial charge in [0, 0.05) is 13.0 Å². The molecule has 0 spiro atoms. The van der Waals surface area contributed by atoms with Crippen LogP contribution in [0.2, 0.25) is 0 Å². The number of hydrogen-bond acceptors (Lipinski definition) is 9. The molecule has 0 radical (unpaired) electrons. The van der Waals surface area contributed by atoms with E-state index in [2.05, 4.69) is 98.9 Å². The van der Waals surface area contributed by atoms with E-state index in [1.165, 1.54) is 51.4 Å². The van der Waals surface area contributed by atoms with Gasteiger partial charge in [0.25, 0.3) is 0 Å². The second-order valence-electron chi connectivity index (χ2n) is 16.2. The number of aliphatic hydroxyl groups excluding tert-OH is 4. The molecule has 1 rings (SSSR count).